The Kier molecular flexibility index (Phi) is 7.21. The lowest BCUT2D eigenvalue weighted by Crippen LogP contribution is -2.37. The number of carbonyl (C=O) groups is 3. The van der Waals surface area contributed by atoms with Gasteiger partial charge in [-0.2, -0.15) is 0 Å². The average molecular weight is 494 g/mol. The number of aromatic nitrogens is 1. The Labute approximate surface area is 206 Å². The number of thioether (sulfide) groups is 1. The Morgan fingerprint density at radius 3 is 2.57 bits per heavy atom. The maximum absolute atomic E-state index is 12.8. The molecule has 1 aromatic heterocycles. The molecule has 0 spiro atoms. The van der Waals surface area contributed by atoms with Crippen molar-refractivity contribution in [2.75, 3.05) is 27.3 Å². The molecule has 0 bridgehead atoms. The van der Waals surface area contributed by atoms with E-state index in [1.807, 2.05) is 30.3 Å². The molecular weight excluding hydrogens is 470 g/mol. The first-order chi connectivity index (χ1) is 16.9. The molecule has 0 radical (unpaired) electrons. The molecule has 1 saturated heterocycles. The number of benzene rings is 2. The molecule has 9 nitrogen and oxygen atoms in total. The van der Waals surface area contributed by atoms with Crippen LogP contribution in [-0.4, -0.2) is 54.4 Å². The van der Waals surface area contributed by atoms with Gasteiger partial charge in [0.1, 0.15) is 17.0 Å². The number of aryl methyl sites for hydroxylation is 1. The molecule has 4 rings (SSSR count). The largest absolute Gasteiger partial charge is 0.493 e. The van der Waals surface area contributed by atoms with Crippen LogP contribution in [0.3, 0.4) is 0 Å². The average Bonchev–Trinajstić information content (AvgIpc) is 3.38. The molecule has 1 N–H and O–H groups in total. The van der Waals surface area contributed by atoms with Crippen molar-refractivity contribution < 1.29 is 28.4 Å². The lowest BCUT2D eigenvalue weighted by atomic mass is 10.1. The van der Waals surface area contributed by atoms with Gasteiger partial charge < -0.3 is 19.3 Å². The van der Waals surface area contributed by atoms with E-state index in [9.17, 15) is 14.4 Å². The zero-order chi connectivity index (χ0) is 24.9. The second-order valence-electron chi connectivity index (χ2n) is 7.53. The van der Waals surface area contributed by atoms with Crippen molar-refractivity contribution in [3.8, 4) is 22.8 Å². The van der Waals surface area contributed by atoms with Gasteiger partial charge in [-0.1, -0.05) is 41.6 Å². The quantitative estimate of drug-likeness (QED) is 0.466. The number of hydrogen-bond donors (Lipinski definition) is 1. The van der Waals surface area contributed by atoms with Crippen LogP contribution in [0.2, 0.25) is 0 Å². The minimum absolute atomic E-state index is 0.0324. The maximum atomic E-state index is 12.8. The summed E-state index contributed by atoms with van der Waals surface area (Å²) in [6.45, 7) is 1.77. The number of amides is 3. The van der Waals surface area contributed by atoms with Crippen LogP contribution in [0.5, 0.6) is 11.5 Å². The van der Waals surface area contributed by atoms with E-state index < -0.39 is 17.1 Å². The molecule has 0 unspecified atom stereocenters. The highest BCUT2D eigenvalue weighted by atomic mass is 32.2. The van der Waals surface area contributed by atoms with Crippen molar-refractivity contribution >= 4 is 34.9 Å². The van der Waals surface area contributed by atoms with E-state index in [2.05, 4.69) is 10.5 Å². The number of carbonyl (C=O) groups excluding carboxylic acids is 3. The molecule has 2 heterocycles. The van der Waals surface area contributed by atoms with Gasteiger partial charge in [0.25, 0.3) is 17.1 Å². The van der Waals surface area contributed by atoms with Crippen molar-refractivity contribution in [3.05, 3.63) is 70.3 Å². The SMILES string of the molecule is COc1ccc(/C=C2\SC(=O)N(CCNC(=O)c3c(-c4ccccc4)noc3C)C2=O)cc1OC. The van der Waals surface area contributed by atoms with Gasteiger partial charge in [-0.15, -0.1) is 0 Å². The van der Waals surface area contributed by atoms with Gasteiger partial charge in [-0.05, 0) is 42.5 Å². The van der Waals surface area contributed by atoms with Gasteiger partial charge in [-0.25, -0.2) is 0 Å². The maximum Gasteiger partial charge on any atom is 0.293 e. The zero-order valence-electron chi connectivity index (χ0n) is 19.4. The lowest BCUT2D eigenvalue weighted by Gasteiger charge is -2.13. The Hall–Kier alpha value is -4.05. The third-order valence-electron chi connectivity index (χ3n) is 5.34. The third-order valence-corrected chi connectivity index (χ3v) is 6.24. The first-order valence-electron chi connectivity index (χ1n) is 10.7. The second kappa shape index (κ2) is 10.5. The zero-order valence-corrected chi connectivity index (χ0v) is 20.2. The summed E-state index contributed by atoms with van der Waals surface area (Å²) in [5.41, 5.74) is 2.20. The smallest absolute Gasteiger partial charge is 0.293 e. The van der Waals surface area contributed by atoms with E-state index in [-0.39, 0.29) is 18.0 Å². The summed E-state index contributed by atoms with van der Waals surface area (Å²) in [7, 11) is 3.06. The van der Waals surface area contributed by atoms with E-state index in [1.165, 1.54) is 14.2 Å². The van der Waals surface area contributed by atoms with Crippen LogP contribution in [0.1, 0.15) is 21.7 Å². The molecule has 180 valence electrons. The Morgan fingerprint density at radius 1 is 1.11 bits per heavy atom. The van der Waals surface area contributed by atoms with Gasteiger partial charge in [0, 0.05) is 18.7 Å². The summed E-state index contributed by atoms with van der Waals surface area (Å²) in [5, 5.41) is 6.36. The molecule has 1 aliphatic heterocycles. The fourth-order valence-electron chi connectivity index (χ4n) is 3.59. The van der Waals surface area contributed by atoms with Gasteiger partial charge in [-0.3, -0.25) is 19.3 Å². The van der Waals surface area contributed by atoms with E-state index in [1.54, 1.807) is 31.2 Å². The van der Waals surface area contributed by atoms with Crippen LogP contribution in [0, 0.1) is 6.92 Å². The molecule has 3 amide bonds. The van der Waals surface area contributed by atoms with Crippen molar-refractivity contribution in [2.45, 2.75) is 6.92 Å². The van der Waals surface area contributed by atoms with Crippen molar-refractivity contribution in [2.24, 2.45) is 0 Å². The van der Waals surface area contributed by atoms with Crippen molar-refractivity contribution in [1.82, 2.24) is 15.4 Å². The monoisotopic (exact) mass is 493 g/mol. The molecule has 0 saturated carbocycles. The number of hydrogen-bond acceptors (Lipinski definition) is 8. The van der Waals surface area contributed by atoms with E-state index in [0.717, 1.165) is 22.2 Å². The highest BCUT2D eigenvalue weighted by Crippen LogP contribution is 2.34. The van der Waals surface area contributed by atoms with E-state index in [4.69, 9.17) is 14.0 Å². The van der Waals surface area contributed by atoms with Crippen LogP contribution in [0.4, 0.5) is 4.79 Å². The predicted molar refractivity (Wildman–Crippen MR) is 131 cm³/mol. The Morgan fingerprint density at radius 2 is 1.86 bits per heavy atom. The summed E-state index contributed by atoms with van der Waals surface area (Å²) >= 11 is 0.848. The number of methoxy groups -OCH3 is 2. The fraction of sp³-hybridized carbons (Fsp3) is 0.200. The van der Waals surface area contributed by atoms with E-state index in [0.29, 0.717) is 34.1 Å². The van der Waals surface area contributed by atoms with Crippen molar-refractivity contribution in [1.29, 1.82) is 0 Å². The third kappa shape index (κ3) is 5.07. The molecular formula is C25H23N3O6S. The van der Waals surface area contributed by atoms with Crippen LogP contribution in [-0.2, 0) is 4.79 Å². The highest BCUT2D eigenvalue weighted by Gasteiger charge is 2.35. The van der Waals surface area contributed by atoms with Crippen LogP contribution in [0.25, 0.3) is 17.3 Å². The number of nitrogens with zero attached hydrogens (tertiary/aromatic N) is 2. The van der Waals surface area contributed by atoms with Crippen LogP contribution in [0.15, 0.2) is 58.0 Å². The Bertz CT molecular complexity index is 1300. The molecule has 1 aliphatic rings. The summed E-state index contributed by atoms with van der Waals surface area (Å²) in [6.07, 6.45) is 1.62. The Balaban J connectivity index is 1.41. The lowest BCUT2D eigenvalue weighted by molar-refractivity contribution is -0.122. The second-order valence-corrected chi connectivity index (χ2v) is 8.53. The first kappa shape index (κ1) is 24.1. The molecule has 3 aromatic rings. The normalized spacial score (nSPS) is 14.5. The van der Waals surface area contributed by atoms with E-state index >= 15 is 0 Å². The fourth-order valence-corrected chi connectivity index (χ4v) is 4.45. The molecule has 0 aliphatic carbocycles. The molecule has 35 heavy (non-hydrogen) atoms. The van der Waals surface area contributed by atoms with Crippen LogP contribution >= 0.6 is 11.8 Å². The number of rotatable bonds is 8. The minimum atomic E-state index is -0.421. The predicted octanol–water partition coefficient (Wildman–Crippen LogP) is 4.13. The number of nitrogens with one attached hydrogen (secondary N) is 1. The molecule has 2 aromatic carbocycles. The summed E-state index contributed by atoms with van der Waals surface area (Å²) in [6, 6.07) is 14.4. The van der Waals surface area contributed by atoms with Gasteiger partial charge in [0.2, 0.25) is 0 Å². The minimum Gasteiger partial charge on any atom is -0.493 e. The van der Waals surface area contributed by atoms with Crippen molar-refractivity contribution in [3.63, 3.8) is 0 Å². The molecule has 10 heteroatoms. The molecule has 1 fully saturated rings. The summed E-state index contributed by atoms with van der Waals surface area (Å²) in [4.78, 5) is 39.5. The number of ether oxygens (including phenoxy) is 2. The molecule has 0 atom stereocenters. The standard InChI is InChI=1S/C25H23N3O6S/c1-15-21(22(27-34-15)17-7-5-4-6-8-17)23(29)26-11-12-28-24(30)20(35-25(28)31)14-16-9-10-18(32-2)19(13-16)33-3/h4-10,13-14H,11-12H2,1-3H3,(H,26,29)/b20-14-. The van der Waals surface area contributed by atoms with Gasteiger partial charge in [0.15, 0.2) is 11.5 Å². The first-order valence-corrected chi connectivity index (χ1v) is 11.5. The highest BCUT2D eigenvalue weighted by molar-refractivity contribution is 8.18. The topological polar surface area (TPSA) is 111 Å². The van der Waals surface area contributed by atoms with Gasteiger partial charge in [0.05, 0.1) is 19.1 Å². The summed E-state index contributed by atoms with van der Waals surface area (Å²) in [5.74, 6) is 0.644. The van der Waals surface area contributed by atoms with Crippen LogP contribution < -0.4 is 14.8 Å². The summed E-state index contributed by atoms with van der Waals surface area (Å²) < 4.78 is 15.7. The van der Waals surface area contributed by atoms with Gasteiger partial charge >= 0.3 is 0 Å². The number of imide groups is 1.